The van der Waals surface area contributed by atoms with Crippen molar-refractivity contribution in [2.75, 3.05) is 0 Å². The van der Waals surface area contributed by atoms with Gasteiger partial charge in [0.05, 0.1) is 12.3 Å². The van der Waals surface area contributed by atoms with E-state index in [0.717, 1.165) is 5.56 Å². The number of hydrogen-bond acceptors (Lipinski definition) is 3. The summed E-state index contributed by atoms with van der Waals surface area (Å²) in [6.07, 6.45) is 0. The number of rotatable bonds is 2. The van der Waals surface area contributed by atoms with E-state index in [9.17, 15) is 4.39 Å². The van der Waals surface area contributed by atoms with Crippen LogP contribution in [0.2, 0.25) is 0 Å². The Kier molecular flexibility index (Phi) is 2.47. The zero-order chi connectivity index (χ0) is 10.8. The largest absolute Gasteiger partial charge is 0.390 e. The normalized spacial score (nSPS) is 10.6. The van der Waals surface area contributed by atoms with Crippen molar-refractivity contribution in [3.63, 3.8) is 0 Å². The van der Waals surface area contributed by atoms with Crippen LogP contribution in [-0.4, -0.2) is 20.1 Å². The zero-order valence-electron chi connectivity index (χ0n) is 8.18. The molecule has 0 spiro atoms. The van der Waals surface area contributed by atoms with Crippen LogP contribution < -0.4 is 0 Å². The molecule has 0 aliphatic carbocycles. The maximum absolute atomic E-state index is 12.7. The molecule has 0 aliphatic rings. The van der Waals surface area contributed by atoms with Crippen LogP contribution in [0.15, 0.2) is 24.3 Å². The van der Waals surface area contributed by atoms with Crippen LogP contribution in [0.1, 0.15) is 5.69 Å². The zero-order valence-corrected chi connectivity index (χ0v) is 8.18. The van der Waals surface area contributed by atoms with Crippen LogP contribution in [0.4, 0.5) is 4.39 Å². The van der Waals surface area contributed by atoms with Gasteiger partial charge in [-0.05, 0) is 24.3 Å². The third-order valence-corrected chi connectivity index (χ3v) is 2.21. The number of nitrogens with zero attached hydrogens (tertiary/aromatic N) is 3. The average Bonchev–Trinajstić information content (AvgIpc) is 2.61. The molecule has 0 atom stereocenters. The molecule has 0 unspecified atom stereocenters. The molecule has 1 heterocycles. The minimum atomic E-state index is -0.298. The van der Waals surface area contributed by atoms with Gasteiger partial charge in [-0.3, -0.25) is 0 Å². The van der Waals surface area contributed by atoms with Gasteiger partial charge in [-0.15, -0.1) is 5.10 Å². The van der Waals surface area contributed by atoms with Gasteiger partial charge in [0.15, 0.2) is 0 Å². The summed E-state index contributed by atoms with van der Waals surface area (Å²) in [5.74, 6) is -0.298. The molecule has 0 radical (unpaired) electrons. The second-order valence-corrected chi connectivity index (χ2v) is 3.17. The second kappa shape index (κ2) is 3.78. The molecule has 0 saturated carbocycles. The smallest absolute Gasteiger partial charge is 0.123 e. The Hall–Kier alpha value is -1.75. The van der Waals surface area contributed by atoms with Gasteiger partial charge in [-0.1, -0.05) is 5.21 Å². The van der Waals surface area contributed by atoms with Crippen LogP contribution in [0.5, 0.6) is 0 Å². The first-order valence-corrected chi connectivity index (χ1v) is 4.47. The van der Waals surface area contributed by atoms with Crippen molar-refractivity contribution >= 4 is 0 Å². The summed E-state index contributed by atoms with van der Waals surface area (Å²) in [5, 5.41) is 16.8. The molecule has 5 heteroatoms. The fourth-order valence-corrected chi connectivity index (χ4v) is 1.39. The second-order valence-electron chi connectivity index (χ2n) is 3.17. The Morgan fingerprint density at radius 1 is 1.33 bits per heavy atom. The van der Waals surface area contributed by atoms with Crippen molar-refractivity contribution in [2.24, 2.45) is 7.05 Å². The van der Waals surface area contributed by atoms with E-state index in [-0.39, 0.29) is 12.4 Å². The third kappa shape index (κ3) is 1.73. The Balaban J connectivity index is 2.49. The highest BCUT2D eigenvalue weighted by atomic mass is 19.1. The van der Waals surface area contributed by atoms with E-state index in [2.05, 4.69) is 10.3 Å². The number of aromatic nitrogens is 3. The highest BCUT2D eigenvalue weighted by Gasteiger charge is 2.11. The van der Waals surface area contributed by atoms with Crippen LogP contribution in [0.3, 0.4) is 0 Å². The third-order valence-electron chi connectivity index (χ3n) is 2.21. The molecule has 0 aliphatic heterocycles. The van der Waals surface area contributed by atoms with E-state index < -0.39 is 0 Å². The maximum atomic E-state index is 12.7. The van der Waals surface area contributed by atoms with E-state index in [4.69, 9.17) is 5.11 Å². The molecule has 4 nitrogen and oxygen atoms in total. The van der Waals surface area contributed by atoms with Crippen molar-refractivity contribution in [3.8, 4) is 11.3 Å². The van der Waals surface area contributed by atoms with E-state index >= 15 is 0 Å². The van der Waals surface area contributed by atoms with E-state index in [1.807, 2.05) is 0 Å². The van der Waals surface area contributed by atoms with E-state index in [1.54, 1.807) is 19.2 Å². The number of aliphatic hydroxyl groups excluding tert-OH is 1. The van der Waals surface area contributed by atoms with Crippen molar-refractivity contribution < 1.29 is 9.50 Å². The monoisotopic (exact) mass is 207 g/mol. The van der Waals surface area contributed by atoms with Gasteiger partial charge in [-0.25, -0.2) is 9.07 Å². The summed E-state index contributed by atoms with van der Waals surface area (Å²) in [7, 11) is 1.70. The first-order chi connectivity index (χ1) is 7.22. The maximum Gasteiger partial charge on any atom is 0.123 e. The van der Waals surface area contributed by atoms with Crippen molar-refractivity contribution in [1.29, 1.82) is 0 Å². The van der Waals surface area contributed by atoms with Gasteiger partial charge in [0.25, 0.3) is 0 Å². The molecule has 0 amide bonds. The number of aliphatic hydroxyl groups is 1. The SMILES string of the molecule is Cn1nnc(-c2ccc(F)cc2)c1CO. The number of halogens is 1. The predicted octanol–water partition coefficient (Wildman–Crippen LogP) is 1.11. The molecule has 15 heavy (non-hydrogen) atoms. The molecule has 1 N–H and O–H groups in total. The van der Waals surface area contributed by atoms with Crippen molar-refractivity contribution in [3.05, 3.63) is 35.8 Å². The molecular formula is C10H10FN3O. The van der Waals surface area contributed by atoms with Gasteiger partial charge < -0.3 is 5.11 Å². The van der Waals surface area contributed by atoms with E-state index in [0.29, 0.717) is 11.4 Å². The molecule has 2 aromatic rings. The molecular weight excluding hydrogens is 197 g/mol. The summed E-state index contributed by atoms with van der Waals surface area (Å²) in [5.41, 5.74) is 1.94. The first-order valence-electron chi connectivity index (χ1n) is 4.47. The predicted molar refractivity (Wildman–Crippen MR) is 52.3 cm³/mol. The fourth-order valence-electron chi connectivity index (χ4n) is 1.39. The van der Waals surface area contributed by atoms with Gasteiger partial charge in [-0.2, -0.15) is 0 Å². The lowest BCUT2D eigenvalue weighted by Crippen LogP contribution is -1.98. The quantitative estimate of drug-likeness (QED) is 0.802. The van der Waals surface area contributed by atoms with Gasteiger partial charge >= 0.3 is 0 Å². The first kappa shape index (κ1) is 9.79. The Labute approximate surface area is 86.0 Å². The molecule has 1 aromatic carbocycles. The van der Waals surface area contributed by atoms with Crippen LogP contribution >= 0.6 is 0 Å². The van der Waals surface area contributed by atoms with Crippen LogP contribution in [0, 0.1) is 5.82 Å². The van der Waals surface area contributed by atoms with Gasteiger partial charge in [0.1, 0.15) is 11.5 Å². The highest BCUT2D eigenvalue weighted by molar-refractivity contribution is 5.60. The fraction of sp³-hybridized carbons (Fsp3) is 0.200. The number of benzene rings is 1. The summed E-state index contributed by atoms with van der Waals surface area (Å²) < 4.78 is 14.2. The molecule has 0 fully saturated rings. The lowest BCUT2D eigenvalue weighted by atomic mass is 10.1. The summed E-state index contributed by atoms with van der Waals surface area (Å²) in [6, 6.07) is 5.92. The summed E-state index contributed by atoms with van der Waals surface area (Å²) in [4.78, 5) is 0. The Morgan fingerprint density at radius 2 is 2.00 bits per heavy atom. The molecule has 78 valence electrons. The van der Waals surface area contributed by atoms with Crippen molar-refractivity contribution in [1.82, 2.24) is 15.0 Å². The number of hydrogen-bond donors (Lipinski definition) is 1. The standard InChI is InChI=1S/C10H10FN3O/c1-14-9(6-15)10(12-13-14)7-2-4-8(11)5-3-7/h2-5,15H,6H2,1H3. The number of aryl methyl sites for hydroxylation is 1. The molecule has 1 aromatic heterocycles. The van der Waals surface area contributed by atoms with Crippen LogP contribution in [-0.2, 0) is 13.7 Å². The lowest BCUT2D eigenvalue weighted by molar-refractivity contribution is 0.271. The lowest BCUT2D eigenvalue weighted by Gasteiger charge is -2.00. The highest BCUT2D eigenvalue weighted by Crippen LogP contribution is 2.20. The molecule has 0 saturated heterocycles. The Bertz CT molecular complexity index is 464. The summed E-state index contributed by atoms with van der Waals surface area (Å²) in [6.45, 7) is -0.143. The minimum Gasteiger partial charge on any atom is -0.390 e. The molecule has 2 rings (SSSR count). The topological polar surface area (TPSA) is 50.9 Å². The van der Waals surface area contributed by atoms with Crippen LogP contribution in [0.25, 0.3) is 11.3 Å². The summed E-state index contributed by atoms with van der Waals surface area (Å²) >= 11 is 0. The molecule has 0 bridgehead atoms. The van der Waals surface area contributed by atoms with Gasteiger partial charge in [0, 0.05) is 12.6 Å². The minimum absolute atomic E-state index is 0.143. The van der Waals surface area contributed by atoms with Gasteiger partial charge in [0.2, 0.25) is 0 Å². The van der Waals surface area contributed by atoms with E-state index in [1.165, 1.54) is 16.8 Å². The Morgan fingerprint density at radius 3 is 2.60 bits per heavy atom. The van der Waals surface area contributed by atoms with Crippen molar-refractivity contribution in [2.45, 2.75) is 6.61 Å². The average molecular weight is 207 g/mol.